The maximum atomic E-state index is 5.27. The zero-order chi connectivity index (χ0) is 10.3. The molecule has 0 aliphatic heterocycles. The highest BCUT2D eigenvalue weighted by molar-refractivity contribution is 7.99. The molecular weight excluding hydrogens is 206 g/mol. The first-order chi connectivity index (χ1) is 7.40. The monoisotopic (exact) mass is 219 g/mol. The SMILES string of the molecule is C#CCSc1nnc(C2CC2)n1C1CC1. The summed E-state index contributed by atoms with van der Waals surface area (Å²) in [6.07, 6.45) is 10.4. The first-order valence-electron chi connectivity index (χ1n) is 5.41. The van der Waals surface area contributed by atoms with Crippen molar-refractivity contribution >= 4 is 11.8 Å². The fourth-order valence-electron chi connectivity index (χ4n) is 1.79. The van der Waals surface area contributed by atoms with E-state index in [2.05, 4.69) is 20.7 Å². The molecule has 0 amide bonds. The van der Waals surface area contributed by atoms with Crippen molar-refractivity contribution in [2.75, 3.05) is 5.75 Å². The number of hydrogen-bond acceptors (Lipinski definition) is 3. The molecule has 1 aromatic heterocycles. The quantitative estimate of drug-likeness (QED) is 0.574. The summed E-state index contributed by atoms with van der Waals surface area (Å²) in [4.78, 5) is 0. The van der Waals surface area contributed by atoms with Gasteiger partial charge in [-0.1, -0.05) is 17.7 Å². The Hall–Kier alpha value is -0.950. The van der Waals surface area contributed by atoms with Crippen molar-refractivity contribution in [1.82, 2.24) is 14.8 Å². The van der Waals surface area contributed by atoms with Gasteiger partial charge in [-0.2, -0.15) is 0 Å². The molecule has 2 aliphatic carbocycles. The average Bonchev–Trinajstić information content (AvgIpc) is 3.13. The number of rotatable bonds is 4. The van der Waals surface area contributed by atoms with Crippen LogP contribution in [0.15, 0.2) is 5.16 Å². The highest BCUT2D eigenvalue weighted by Gasteiger charge is 2.36. The fourth-order valence-corrected chi connectivity index (χ4v) is 2.48. The largest absolute Gasteiger partial charge is 0.303 e. The van der Waals surface area contributed by atoms with Crippen molar-refractivity contribution in [3.8, 4) is 12.3 Å². The van der Waals surface area contributed by atoms with Crippen LogP contribution in [0.4, 0.5) is 0 Å². The molecule has 1 aromatic rings. The van der Waals surface area contributed by atoms with Crippen LogP contribution in [0.1, 0.15) is 43.5 Å². The second-order valence-electron chi connectivity index (χ2n) is 4.21. The van der Waals surface area contributed by atoms with E-state index in [0.717, 1.165) is 5.16 Å². The lowest BCUT2D eigenvalue weighted by Gasteiger charge is -2.06. The third-order valence-corrected chi connectivity index (χ3v) is 3.68. The van der Waals surface area contributed by atoms with Crippen molar-refractivity contribution in [2.45, 2.75) is 42.8 Å². The van der Waals surface area contributed by atoms with Gasteiger partial charge in [-0.05, 0) is 25.7 Å². The smallest absolute Gasteiger partial charge is 0.192 e. The van der Waals surface area contributed by atoms with E-state index in [9.17, 15) is 0 Å². The lowest BCUT2D eigenvalue weighted by molar-refractivity contribution is 0.627. The van der Waals surface area contributed by atoms with Gasteiger partial charge < -0.3 is 4.57 Å². The Balaban J connectivity index is 1.88. The number of aromatic nitrogens is 3. The van der Waals surface area contributed by atoms with Crippen LogP contribution in [0.25, 0.3) is 0 Å². The lowest BCUT2D eigenvalue weighted by atomic mass is 10.4. The Morgan fingerprint density at radius 3 is 2.73 bits per heavy atom. The van der Waals surface area contributed by atoms with Crippen LogP contribution in [0, 0.1) is 12.3 Å². The molecule has 3 rings (SSSR count). The molecule has 3 nitrogen and oxygen atoms in total. The normalized spacial score (nSPS) is 20.2. The molecule has 0 radical (unpaired) electrons. The van der Waals surface area contributed by atoms with Gasteiger partial charge >= 0.3 is 0 Å². The molecule has 15 heavy (non-hydrogen) atoms. The van der Waals surface area contributed by atoms with Crippen LogP contribution in [-0.4, -0.2) is 20.5 Å². The van der Waals surface area contributed by atoms with Crippen molar-refractivity contribution in [2.24, 2.45) is 0 Å². The van der Waals surface area contributed by atoms with Gasteiger partial charge in [0, 0.05) is 12.0 Å². The maximum absolute atomic E-state index is 5.27. The first-order valence-corrected chi connectivity index (χ1v) is 6.39. The Kier molecular flexibility index (Phi) is 2.21. The van der Waals surface area contributed by atoms with Gasteiger partial charge in [0.2, 0.25) is 0 Å². The number of hydrogen-bond donors (Lipinski definition) is 0. The fraction of sp³-hybridized carbons (Fsp3) is 0.636. The minimum atomic E-state index is 0.663. The van der Waals surface area contributed by atoms with Gasteiger partial charge in [0.25, 0.3) is 0 Å². The van der Waals surface area contributed by atoms with Crippen LogP contribution in [0.3, 0.4) is 0 Å². The highest BCUT2D eigenvalue weighted by atomic mass is 32.2. The number of terminal acetylenes is 1. The van der Waals surface area contributed by atoms with Crippen molar-refractivity contribution in [3.63, 3.8) is 0 Å². The van der Waals surface area contributed by atoms with E-state index in [1.165, 1.54) is 31.5 Å². The summed E-state index contributed by atoms with van der Waals surface area (Å²) in [5.74, 6) is 5.21. The Labute approximate surface area is 93.7 Å². The van der Waals surface area contributed by atoms with Gasteiger partial charge in [0.15, 0.2) is 5.16 Å². The molecule has 78 valence electrons. The molecule has 1 heterocycles. The molecule has 0 aromatic carbocycles. The second-order valence-corrected chi connectivity index (χ2v) is 5.15. The minimum absolute atomic E-state index is 0.663. The van der Waals surface area contributed by atoms with E-state index in [4.69, 9.17) is 6.42 Å². The molecule has 2 aliphatic rings. The Morgan fingerprint density at radius 1 is 1.33 bits per heavy atom. The van der Waals surface area contributed by atoms with E-state index in [0.29, 0.717) is 17.7 Å². The average molecular weight is 219 g/mol. The predicted octanol–water partition coefficient (Wildman–Crippen LogP) is 2.22. The molecule has 0 bridgehead atoms. The van der Waals surface area contributed by atoms with Crippen LogP contribution in [0.5, 0.6) is 0 Å². The molecule has 0 unspecified atom stereocenters. The summed E-state index contributed by atoms with van der Waals surface area (Å²) in [7, 11) is 0. The van der Waals surface area contributed by atoms with E-state index in [1.807, 2.05) is 0 Å². The molecule has 0 N–H and O–H groups in total. The summed E-state index contributed by atoms with van der Waals surface area (Å²) >= 11 is 1.63. The summed E-state index contributed by atoms with van der Waals surface area (Å²) < 4.78 is 2.33. The summed E-state index contributed by atoms with van der Waals surface area (Å²) in [5, 5.41) is 9.60. The van der Waals surface area contributed by atoms with Crippen LogP contribution < -0.4 is 0 Å². The zero-order valence-corrected chi connectivity index (χ0v) is 9.33. The molecular formula is C11H13N3S. The van der Waals surface area contributed by atoms with Gasteiger partial charge in [-0.15, -0.1) is 16.6 Å². The van der Waals surface area contributed by atoms with E-state index in [-0.39, 0.29) is 0 Å². The second kappa shape index (κ2) is 3.57. The predicted molar refractivity (Wildman–Crippen MR) is 59.8 cm³/mol. The zero-order valence-electron chi connectivity index (χ0n) is 8.52. The first kappa shape index (κ1) is 9.29. The lowest BCUT2D eigenvalue weighted by Crippen LogP contribution is -2.01. The molecule has 2 saturated carbocycles. The Morgan fingerprint density at radius 2 is 2.13 bits per heavy atom. The third-order valence-electron chi connectivity index (χ3n) is 2.83. The molecule has 2 fully saturated rings. The summed E-state index contributed by atoms with van der Waals surface area (Å²) in [6, 6.07) is 0.663. The van der Waals surface area contributed by atoms with Crippen LogP contribution >= 0.6 is 11.8 Å². The van der Waals surface area contributed by atoms with Crippen molar-refractivity contribution in [3.05, 3.63) is 5.82 Å². The van der Waals surface area contributed by atoms with Gasteiger partial charge in [-0.3, -0.25) is 0 Å². The molecule has 0 spiro atoms. The highest BCUT2D eigenvalue weighted by Crippen LogP contribution is 2.45. The van der Waals surface area contributed by atoms with Gasteiger partial charge in [0.05, 0.1) is 5.75 Å². The maximum Gasteiger partial charge on any atom is 0.192 e. The van der Waals surface area contributed by atoms with Crippen molar-refractivity contribution < 1.29 is 0 Å². The molecule has 0 saturated heterocycles. The van der Waals surface area contributed by atoms with Crippen molar-refractivity contribution in [1.29, 1.82) is 0 Å². The van der Waals surface area contributed by atoms with Gasteiger partial charge in [-0.25, -0.2) is 0 Å². The van der Waals surface area contributed by atoms with E-state index >= 15 is 0 Å². The summed E-state index contributed by atoms with van der Waals surface area (Å²) in [6.45, 7) is 0. The van der Waals surface area contributed by atoms with Crippen LogP contribution in [0.2, 0.25) is 0 Å². The number of thioether (sulfide) groups is 1. The van der Waals surface area contributed by atoms with E-state index in [1.54, 1.807) is 11.8 Å². The third kappa shape index (κ3) is 1.76. The van der Waals surface area contributed by atoms with Gasteiger partial charge in [0.1, 0.15) is 5.82 Å². The van der Waals surface area contributed by atoms with E-state index < -0.39 is 0 Å². The Bertz CT molecular complexity index is 410. The topological polar surface area (TPSA) is 30.7 Å². The van der Waals surface area contributed by atoms with Crippen LogP contribution in [-0.2, 0) is 0 Å². The summed E-state index contributed by atoms with van der Waals surface area (Å²) in [5.41, 5.74) is 0. The molecule has 4 heteroatoms. The minimum Gasteiger partial charge on any atom is -0.303 e. The molecule has 0 atom stereocenters. The number of nitrogens with zero attached hydrogens (tertiary/aromatic N) is 3. The standard InChI is InChI=1S/C11H13N3S/c1-2-7-15-11-13-12-10(8-3-4-8)14(11)9-5-6-9/h1,8-9H,3-7H2.